The molecule has 1 aromatic heterocycles. The van der Waals surface area contributed by atoms with Crippen molar-refractivity contribution in [2.45, 2.75) is 26.1 Å². The summed E-state index contributed by atoms with van der Waals surface area (Å²) in [6.07, 6.45) is 4.00. The van der Waals surface area contributed by atoms with E-state index in [-0.39, 0.29) is 11.4 Å². The zero-order chi connectivity index (χ0) is 22.1. The van der Waals surface area contributed by atoms with E-state index in [0.717, 1.165) is 27.9 Å². The standard InChI is InChI=1S/C28H23NO3/c1-28(2)15-14-20-16-22(11-13-26(20)32-28)27(30)21-7-5-8-24(17-21)31-18-23-12-10-19-6-3-4-9-25(19)29-23/h3-17H,18H2,1-2H3. The molecule has 0 fully saturated rings. The lowest BCUT2D eigenvalue weighted by molar-refractivity contribution is 0.103. The molecule has 0 spiro atoms. The zero-order valence-corrected chi connectivity index (χ0v) is 18.0. The molecule has 0 bridgehead atoms. The van der Waals surface area contributed by atoms with Gasteiger partial charge in [-0.2, -0.15) is 0 Å². The third-order valence-electron chi connectivity index (χ3n) is 5.45. The molecule has 0 atom stereocenters. The van der Waals surface area contributed by atoms with Crippen LogP contribution < -0.4 is 9.47 Å². The summed E-state index contributed by atoms with van der Waals surface area (Å²) in [5, 5.41) is 1.10. The Balaban J connectivity index is 1.33. The fourth-order valence-corrected chi connectivity index (χ4v) is 3.76. The molecule has 2 heterocycles. The minimum absolute atomic E-state index is 0.0553. The SMILES string of the molecule is CC1(C)C=Cc2cc(C(=O)c3cccc(OCc4ccc5ccccc5n4)c3)ccc2O1. The fraction of sp³-hybridized carbons (Fsp3) is 0.143. The van der Waals surface area contributed by atoms with Crippen LogP contribution in [0.15, 0.2) is 84.9 Å². The van der Waals surface area contributed by atoms with Gasteiger partial charge in [0.2, 0.25) is 0 Å². The molecule has 5 rings (SSSR count). The highest BCUT2D eigenvalue weighted by Crippen LogP contribution is 2.32. The number of fused-ring (bicyclic) bond motifs is 2. The number of aromatic nitrogens is 1. The number of para-hydroxylation sites is 1. The summed E-state index contributed by atoms with van der Waals surface area (Å²) in [5.74, 6) is 1.36. The van der Waals surface area contributed by atoms with E-state index in [1.165, 1.54) is 0 Å². The normalized spacial score (nSPS) is 13.9. The number of benzene rings is 3. The molecule has 0 radical (unpaired) electrons. The number of nitrogens with zero attached hydrogens (tertiary/aromatic N) is 1. The van der Waals surface area contributed by atoms with Crippen LogP contribution in [0.2, 0.25) is 0 Å². The summed E-state index contributed by atoms with van der Waals surface area (Å²) in [7, 11) is 0. The minimum atomic E-state index is -0.343. The Morgan fingerprint density at radius 3 is 2.69 bits per heavy atom. The van der Waals surface area contributed by atoms with Crippen LogP contribution in [0.25, 0.3) is 17.0 Å². The molecule has 1 aliphatic heterocycles. The highest BCUT2D eigenvalue weighted by Gasteiger charge is 2.22. The summed E-state index contributed by atoms with van der Waals surface area (Å²) in [4.78, 5) is 17.7. The van der Waals surface area contributed by atoms with Gasteiger partial charge in [-0.05, 0) is 62.4 Å². The van der Waals surface area contributed by atoms with Crippen molar-refractivity contribution in [2.24, 2.45) is 0 Å². The van der Waals surface area contributed by atoms with E-state index in [0.29, 0.717) is 23.5 Å². The Hall–Kier alpha value is -3.92. The van der Waals surface area contributed by atoms with Gasteiger partial charge in [-0.15, -0.1) is 0 Å². The second-order valence-corrected chi connectivity index (χ2v) is 8.43. The van der Waals surface area contributed by atoms with Gasteiger partial charge in [0.05, 0.1) is 11.2 Å². The Morgan fingerprint density at radius 2 is 1.78 bits per heavy atom. The number of carbonyl (C=O) groups is 1. The maximum absolute atomic E-state index is 13.1. The van der Waals surface area contributed by atoms with E-state index in [1.807, 2.05) is 92.7 Å². The molecule has 0 amide bonds. The Labute approximate surface area is 187 Å². The van der Waals surface area contributed by atoms with Gasteiger partial charge in [-0.25, -0.2) is 4.98 Å². The van der Waals surface area contributed by atoms with Crippen molar-refractivity contribution in [1.29, 1.82) is 0 Å². The molecular weight excluding hydrogens is 398 g/mol. The van der Waals surface area contributed by atoms with E-state index in [9.17, 15) is 4.79 Å². The van der Waals surface area contributed by atoms with E-state index in [1.54, 1.807) is 12.1 Å². The van der Waals surface area contributed by atoms with Crippen LogP contribution in [0.5, 0.6) is 11.5 Å². The molecule has 0 saturated carbocycles. The van der Waals surface area contributed by atoms with Crippen molar-refractivity contribution in [3.05, 3.63) is 107 Å². The van der Waals surface area contributed by atoms with Gasteiger partial charge < -0.3 is 9.47 Å². The molecule has 1 aliphatic rings. The monoisotopic (exact) mass is 421 g/mol. The molecule has 0 saturated heterocycles. The van der Waals surface area contributed by atoms with Crippen LogP contribution in [-0.2, 0) is 6.61 Å². The maximum Gasteiger partial charge on any atom is 0.193 e. The van der Waals surface area contributed by atoms with Crippen molar-refractivity contribution in [2.75, 3.05) is 0 Å². The van der Waals surface area contributed by atoms with Crippen LogP contribution in [0.4, 0.5) is 0 Å². The highest BCUT2D eigenvalue weighted by molar-refractivity contribution is 6.09. The molecule has 4 aromatic rings. The second kappa shape index (κ2) is 7.97. The predicted molar refractivity (Wildman–Crippen MR) is 126 cm³/mol. The van der Waals surface area contributed by atoms with Crippen molar-refractivity contribution in [3.63, 3.8) is 0 Å². The molecule has 3 aromatic carbocycles. The lowest BCUT2D eigenvalue weighted by Gasteiger charge is -2.27. The molecule has 0 N–H and O–H groups in total. The Kier molecular flexibility index (Phi) is 4.98. The first kappa shape index (κ1) is 20.0. The molecule has 0 unspecified atom stereocenters. The zero-order valence-electron chi connectivity index (χ0n) is 18.0. The number of hydrogen-bond donors (Lipinski definition) is 0. The summed E-state index contributed by atoms with van der Waals surface area (Å²) < 4.78 is 11.9. The van der Waals surface area contributed by atoms with Crippen LogP contribution in [0.1, 0.15) is 41.0 Å². The summed E-state index contributed by atoms with van der Waals surface area (Å²) in [6, 6.07) is 24.8. The first-order valence-electron chi connectivity index (χ1n) is 10.6. The molecule has 4 nitrogen and oxygen atoms in total. The summed E-state index contributed by atoms with van der Waals surface area (Å²) in [6.45, 7) is 4.34. The van der Waals surface area contributed by atoms with E-state index >= 15 is 0 Å². The van der Waals surface area contributed by atoms with Crippen LogP contribution in [0.3, 0.4) is 0 Å². The third kappa shape index (κ3) is 4.12. The molecule has 158 valence electrons. The number of carbonyl (C=O) groups excluding carboxylic acids is 1. The topological polar surface area (TPSA) is 48.4 Å². The molecular formula is C28H23NO3. The number of ketones is 1. The van der Waals surface area contributed by atoms with Gasteiger partial charge in [0, 0.05) is 22.1 Å². The second-order valence-electron chi connectivity index (χ2n) is 8.43. The quantitative estimate of drug-likeness (QED) is 0.359. The Bertz CT molecular complexity index is 1350. The van der Waals surface area contributed by atoms with Crippen LogP contribution in [-0.4, -0.2) is 16.4 Å². The number of rotatable bonds is 5. The minimum Gasteiger partial charge on any atom is -0.487 e. The number of pyridine rings is 1. The first-order valence-corrected chi connectivity index (χ1v) is 10.6. The van der Waals surface area contributed by atoms with Crippen LogP contribution >= 0.6 is 0 Å². The van der Waals surface area contributed by atoms with Crippen molar-refractivity contribution in [3.8, 4) is 11.5 Å². The van der Waals surface area contributed by atoms with Crippen molar-refractivity contribution in [1.82, 2.24) is 4.98 Å². The predicted octanol–water partition coefficient (Wildman–Crippen LogP) is 6.23. The molecule has 0 aliphatic carbocycles. The molecule has 4 heteroatoms. The summed E-state index contributed by atoms with van der Waals surface area (Å²) in [5.41, 5.74) is 3.53. The highest BCUT2D eigenvalue weighted by atomic mass is 16.5. The van der Waals surface area contributed by atoms with E-state index in [4.69, 9.17) is 9.47 Å². The third-order valence-corrected chi connectivity index (χ3v) is 5.45. The van der Waals surface area contributed by atoms with Gasteiger partial charge in [-0.3, -0.25) is 4.79 Å². The fourth-order valence-electron chi connectivity index (χ4n) is 3.76. The Morgan fingerprint density at radius 1 is 0.938 bits per heavy atom. The van der Waals surface area contributed by atoms with Crippen molar-refractivity contribution < 1.29 is 14.3 Å². The van der Waals surface area contributed by atoms with E-state index in [2.05, 4.69) is 4.98 Å². The summed E-state index contributed by atoms with van der Waals surface area (Å²) >= 11 is 0. The van der Waals surface area contributed by atoms with Gasteiger partial charge in [0.25, 0.3) is 0 Å². The molecule has 32 heavy (non-hydrogen) atoms. The van der Waals surface area contributed by atoms with Gasteiger partial charge >= 0.3 is 0 Å². The lowest BCUT2D eigenvalue weighted by atomic mass is 9.97. The van der Waals surface area contributed by atoms with Crippen LogP contribution in [0, 0.1) is 0 Å². The smallest absolute Gasteiger partial charge is 0.193 e. The van der Waals surface area contributed by atoms with Gasteiger partial charge in [0.15, 0.2) is 5.78 Å². The average Bonchev–Trinajstić information content (AvgIpc) is 2.81. The largest absolute Gasteiger partial charge is 0.487 e. The van der Waals surface area contributed by atoms with E-state index < -0.39 is 0 Å². The van der Waals surface area contributed by atoms with Gasteiger partial charge in [0.1, 0.15) is 23.7 Å². The lowest BCUT2D eigenvalue weighted by Crippen LogP contribution is -2.27. The average molecular weight is 421 g/mol. The first-order chi connectivity index (χ1) is 15.5. The maximum atomic E-state index is 13.1. The number of ether oxygens (including phenoxy) is 2. The number of hydrogen-bond acceptors (Lipinski definition) is 4. The van der Waals surface area contributed by atoms with Crippen molar-refractivity contribution >= 4 is 22.8 Å². The van der Waals surface area contributed by atoms with Gasteiger partial charge in [-0.1, -0.05) is 42.5 Å².